The average Bonchev–Trinajstić information content (AvgIpc) is 2.11. The third-order valence-corrected chi connectivity index (χ3v) is 3.33. The second-order valence-electron chi connectivity index (χ2n) is 4.02. The summed E-state index contributed by atoms with van der Waals surface area (Å²) in [4.78, 5) is 2.22. The Morgan fingerprint density at radius 2 is 2.07 bits per heavy atom. The quantitative estimate of drug-likeness (QED) is 0.746. The molecule has 0 N–H and O–H groups in total. The number of benzene rings is 1. The van der Waals surface area contributed by atoms with Gasteiger partial charge in [0, 0.05) is 24.3 Å². The van der Waals surface area contributed by atoms with Gasteiger partial charge in [0.2, 0.25) is 0 Å². The summed E-state index contributed by atoms with van der Waals surface area (Å²) < 4.78 is 14.1. The number of hydrogen-bond acceptors (Lipinski definition) is 1. The summed E-state index contributed by atoms with van der Waals surface area (Å²) >= 11 is 3.19. The summed E-state index contributed by atoms with van der Waals surface area (Å²) in [5.74, 6) is 0.600. The molecule has 0 unspecified atom stereocenters. The molecule has 76 valence electrons. The monoisotopic (exact) mass is 257 g/mol. The van der Waals surface area contributed by atoms with Crippen LogP contribution in [0.5, 0.6) is 0 Å². The predicted octanol–water partition coefficient (Wildman–Crippen LogP) is 3.35. The molecule has 0 spiro atoms. The topological polar surface area (TPSA) is 3.24 Å². The molecule has 0 aliphatic carbocycles. The van der Waals surface area contributed by atoms with Crippen LogP contribution in [0.25, 0.3) is 0 Å². The molecule has 1 aromatic rings. The lowest BCUT2D eigenvalue weighted by atomic mass is 10.0. The fourth-order valence-electron chi connectivity index (χ4n) is 1.88. The molecule has 0 amide bonds. The Morgan fingerprint density at radius 1 is 1.43 bits per heavy atom. The molecule has 1 fully saturated rings. The molecule has 0 radical (unpaired) electrons. The summed E-state index contributed by atoms with van der Waals surface area (Å²) in [5.41, 5.74) is 1.77. The first kappa shape index (κ1) is 9.97. The molecule has 1 nitrogen and oxygen atoms in total. The predicted molar refractivity (Wildman–Crippen MR) is 60.2 cm³/mol. The molecule has 3 heteroatoms. The maximum absolute atomic E-state index is 13.5. The van der Waals surface area contributed by atoms with E-state index in [0.29, 0.717) is 4.47 Å². The van der Waals surface area contributed by atoms with Gasteiger partial charge in [0.25, 0.3) is 0 Å². The molecule has 2 rings (SSSR count). The lowest BCUT2D eigenvalue weighted by molar-refractivity contribution is 0.445. The van der Waals surface area contributed by atoms with E-state index in [2.05, 4.69) is 27.8 Å². The highest BCUT2D eigenvalue weighted by atomic mass is 79.9. The van der Waals surface area contributed by atoms with Crippen molar-refractivity contribution in [3.63, 3.8) is 0 Å². The Hall–Kier alpha value is -0.570. The molecule has 1 heterocycles. The van der Waals surface area contributed by atoms with Crippen molar-refractivity contribution >= 4 is 21.6 Å². The van der Waals surface area contributed by atoms with Gasteiger partial charge < -0.3 is 4.90 Å². The summed E-state index contributed by atoms with van der Waals surface area (Å²) in [7, 11) is 0. The van der Waals surface area contributed by atoms with Gasteiger partial charge >= 0.3 is 0 Å². The number of nitrogens with zero attached hydrogens (tertiary/aromatic N) is 1. The van der Waals surface area contributed by atoms with E-state index in [9.17, 15) is 4.39 Å². The van der Waals surface area contributed by atoms with Crippen molar-refractivity contribution in [2.45, 2.75) is 13.8 Å². The van der Waals surface area contributed by atoms with Crippen LogP contribution in [0.1, 0.15) is 12.5 Å². The molecular weight excluding hydrogens is 245 g/mol. The molecule has 1 aliphatic rings. The second kappa shape index (κ2) is 3.54. The van der Waals surface area contributed by atoms with Crippen LogP contribution in [0.3, 0.4) is 0 Å². The lowest BCUT2D eigenvalue weighted by Gasteiger charge is -2.40. The zero-order valence-electron chi connectivity index (χ0n) is 8.35. The maximum atomic E-state index is 13.5. The molecule has 1 aliphatic heterocycles. The van der Waals surface area contributed by atoms with Crippen molar-refractivity contribution in [1.82, 2.24) is 0 Å². The molecule has 0 atom stereocenters. The van der Waals surface area contributed by atoms with Gasteiger partial charge in [-0.3, -0.25) is 0 Å². The van der Waals surface area contributed by atoms with Gasteiger partial charge in [-0.15, -0.1) is 0 Å². The van der Waals surface area contributed by atoms with Gasteiger partial charge in [0.05, 0.1) is 4.47 Å². The van der Waals surface area contributed by atoms with Crippen molar-refractivity contribution in [3.05, 3.63) is 28.0 Å². The highest BCUT2D eigenvalue weighted by Crippen LogP contribution is 2.31. The van der Waals surface area contributed by atoms with Crippen molar-refractivity contribution in [3.8, 4) is 0 Å². The first-order valence-electron chi connectivity index (χ1n) is 4.79. The van der Waals surface area contributed by atoms with Crippen LogP contribution >= 0.6 is 15.9 Å². The lowest BCUT2D eigenvalue weighted by Crippen LogP contribution is -2.45. The van der Waals surface area contributed by atoms with Crippen LogP contribution in [0, 0.1) is 18.7 Å². The smallest absolute Gasteiger partial charge is 0.142 e. The minimum absolute atomic E-state index is 0.137. The van der Waals surface area contributed by atoms with Gasteiger partial charge in [0.1, 0.15) is 5.82 Å². The van der Waals surface area contributed by atoms with E-state index < -0.39 is 0 Å². The average molecular weight is 258 g/mol. The SMILES string of the molecule is Cc1c(N2CC(C)C2)ccc(Br)c1F. The number of halogens is 2. The third kappa shape index (κ3) is 1.54. The highest BCUT2D eigenvalue weighted by molar-refractivity contribution is 9.10. The van der Waals surface area contributed by atoms with Crippen LogP contribution in [0.2, 0.25) is 0 Å². The molecule has 1 aromatic carbocycles. The second-order valence-corrected chi connectivity index (χ2v) is 4.87. The van der Waals surface area contributed by atoms with Crippen LogP contribution in [0.15, 0.2) is 16.6 Å². The fraction of sp³-hybridized carbons (Fsp3) is 0.455. The summed E-state index contributed by atoms with van der Waals surface area (Å²) in [6.07, 6.45) is 0. The summed E-state index contributed by atoms with van der Waals surface area (Å²) in [6.45, 7) is 6.13. The largest absolute Gasteiger partial charge is 0.371 e. The molecule has 0 saturated carbocycles. The van der Waals surface area contributed by atoms with Crippen molar-refractivity contribution < 1.29 is 4.39 Å². The Labute approximate surface area is 92.0 Å². The summed E-state index contributed by atoms with van der Waals surface area (Å²) in [5, 5.41) is 0. The van der Waals surface area contributed by atoms with Gasteiger partial charge in [0.15, 0.2) is 0 Å². The fourth-order valence-corrected chi connectivity index (χ4v) is 2.31. The van der Waals surface area contributed by atoms with E-state index in [1.165, 1.54) is 0 Å². The minimum Gasteiger partial charge on any atom is -0.371 e. The number of anilines is 1. The summed E-state index contributed by atoms with van der Waals surface area (Å²) in [6, 6.07) is 3.76. The number of hydrogen-bond donors (Lipinski definition) is 0. The van der Waals surface area contributed by atoms with Gasteiger partial charge in [-0.05, 0) is 40.9 Å². The minimum atomic E-state index is -0.137. The zero-order valence-corrected chi connectivity index (χ0v) is 9.94. The van der Waals surface area contributed by atoms with Crippen LogP contribution in [0.4, 0.5) is 10.1 Å². The molecule has 0 aromatic heterocycles. The van der Waals surface area contributed by atoms with E-state index in [-0.39, 0.29) is 5.82 Å². The van der Waals surface area contributed by atoms with E-state index in [1.54, 1.807) is 6.07 Å². The van der Waals surface area contributed by atoms with Crippen LogP contribution in [-0.4, -0.2) is 13.1 Å². The van der Waals surface area contributed by atoms with E-state index >= 15 is 0 Å². The first-order valence-corrected chi connectivity index (χ1v) is 5.58. The molecule has 0 bridgehead atoms. The Morgan fingerprint density at radius 3 is 2.64 bits per heavy atom. The Balaban J connectivity index is 2.31. The number of rotatable bonds is 1. The van der Waals surface area contributed by atoms with Crippen LogP contribution < -0.4 is 4.90 Å². The highest BCUT2D eigenvalue weighted by Gasteiger charge is 2.24. The Bertz CT molecular complexity index is 359. The maximum Gasteiger partial charge on any atom is 0.142 e. The van der Waals surface area contributed by atoms with Gasteiger partial charge in [-0.1, -0.05) is 6.92 Å². The molecule has 14 heavy (non-hydrogen) atoms. The normalized spacial score (nSPS) is 17.0. The van der Waals surface area contributed by atoms with E-state index in [4.69, 9.17) is 0 Å². The third-order valence-electron chi connectivity index (χ3n) is 2.72. The van der Waals surface area contributed by atoms with Crippen LogP contribution in [-0.2, 0) is 0 Å². The van der Waals surface area contributed by atoms with Crippen molar-refractivity contribution in [2.75, 3.05) is 18.0 Å². The molecule has 1 saturated heterocycles. The van der Waals surface area contributed by atoms with E-state index in [1.807, 2.05) is 13.0 Å². The Kier molecular flexibility index (Phi) is 2.52. The zero-order chi connectivity index (χ0) is 10.3. The standard InChI is InChI=1S/C11H13BrFN/c1-7-5-14(6-7)10-4-3-9(12)11(13)8(10)2/h3-4,7H,5-6H2,1-2H3. The first-order chi connectivity index (χ1) is 6.59. The van der Waals surface area contributed by atoms with Crippen molar-refractivity contribution in [1.29, 1.82) is 0 Å². The molecular formula is C11H13BrFN. The van der Waals surface area contributed by atoms with Crippen molar-refractivity contribution in [2.24, 2.45) is 5.92 Å². The van der Waals surface area contributed by atoms with Gasteiger partial charge in [-0.25, -0.2) is 4.39 Å². The van der Waals surface area contributed by atoms with E-state index in [0.717, 1.165) is 30.3 Å². The van der Waals surface area contributed by atoms with Gasteiger partial charge in [-0.2, -0.15) is 0 Å².